The summed E-state index contributed by atoms with van der Waals surface area (Å²) in [6.45, 7) is 2.72. The van der Waals surface area contributed by atoms with E-state index in [1.807, 2.05) is 0 Å². The Morgan fingerprint density at radius 3 is 2.38 bits per heavy atom. The Morgan fingerprint density at radius 1 is 1.24 bits per heavy atom. The highest BCUT2D eigenvalue weighted by Crippen LogP contribution is 2.19. The predicted molar refractivity (Wildman–Crippen MR) is 86.3 cm³/mol. The van der Waals surface area contributed by atoms with Gasteiger partial charge in [-0.1, -0.05) is 12.1 Å². The van der Waals surface area contributed by atoms with Crippen LogP contribution in [0, 0.1) is 5.92 Å². The van der Waals surface area contributed by atoms with Gasteiger partial charge in [-0.3, -0.25) is 0 Å². The maximum Gasteiger partial charge on any atom is 0.218 e. The van der Waals surface area contributed by atoms with Crippen molar-refractivity contribution in [1.29, 1.82) is 0 Å². The summed E-state index contributed by atoms with van der Waals surface area (Å²) in [5, 5.41) is 0. The summed E-state index contributed by atoms with van der Waals surface area (Å²) in [6.07, 6.45) is 2.14. The second-order valence-corrected chi connectivity index (χ2v) is 8.10. The standard InChI is InChI=1S/C15H25N3O2S/c1-17-9-7-13(8-10-17)11-18(2)21(19,20)12-14-3-5-15(16)6-4-14/h3-6,13H,7-12,16H2,1-2H3. The molecule has 5 nitrogen and oxygen atoms in total. The van der Waals surface area contributed by atoms with Crippen LogP contribution in [0.5, 0.6) is 0 Å². The Balaban J connectivity index is 1.93. The summed E-state index contributed by atoms with van der Waals surface area (Å²) in [5.41, 5.74) is 7.05. The van der Waals surface area contributed by atoms with Gasteiger partial charge in [0.25, 0.3) is 0 Å². The van der Waals surface area contributed by atoms with E-state index in [1.54, 1.807) is 31.3 Å². The molecule has 6 heteroatoms. The van der Waals surface area contributed by atoms with Gasteiger partial charge < -0.3 is 10.6 Å². The molecule has 0 radical (unpaired) electrons. The Bertz CT molecular complexity index is 549. The van der Waals surface area contributed by atoms with Gasteiger partial charge in [0.2, 0.25) is 10.0 Å². The number of hydrogen-bond donors (Lipinski definition) is 1. The van der Waals surface area contributed by atoms with E-state index in [-0.39, 0.29) is 5.75 Å². The number of nitrogen functional groups attached to an aromatic ring is 1. The number of rotatable bonds is 5. The summed E-state index contributed by atoms with van der Waals surface area (Å²) < 4.78 is 26.3. The van der Waals surface area contributed by atoms with Crippen LogP contribution < -0.4 is 5.73 Å². The lowest BCUT2D eigenvalue weighted by molar-refractivity contribution is 0.202. The van der Waals surface area contributed by atoms with Crippen molar-refractivity contribution in [3.05, 3.63) is 29.8 Å². The number of piperidine rings is 1. The molecular formula is C15H25N3O2S. The number of likely N-dealkylation sites (tertiary alicyclic amines) is 1. The maximum absolute atomic E-state index is 12.4. The monoisotopic (exact) mass is 311 g/mol. The first-order chi connectivity index (χ1) is 9.87. The van der Waals surface area contributed by atoms with E-state index < -0.39 is 10.0 Å². The lowest BCUT2D eigenvalue weighted by atomic mass is 9.97. The molecule has 0 unspecified atom stereocenters. The fourth-order valence-corrected chi connectivity index (χ4v) is 3.93. The van der Waals surface area contributed by atoms with Crippen molar-refractivity contribution in [3.8, 4) is 0 Å². The molecule has 118 valence electrons. The minimum absolute atomic E-state index is 0.0381. The van der Waals surface area contributed by atoms with Crippen molar-refractivity contribution in [3.63, 3.8) is 0 Å². The third kappa shape index (κ3) is 4.69. The Kier molecular flexibility index (Phi) is 5.24. The van der Waals surface area contributed by atoms with E-state index in [4.69, 9.17) is 5.73 Å². The molecule has 21 heavy (non-hydrogen) atoms. The van der Waals surface area contributed by atoms with Crippen LogP contribution in [-0.2, 0) is 15.8 Å². The number of nitrogens with zero attached hydrogens (tertiary/aromatic N) is 2. The van der Waals surface area contributed by atoms with Crippen molar-refractivity contribution in [2.24, 2.45) is 5.92 Å². The Morgan fingerprint density at radius 2 is 1.81 bits per heavy atom. The Hall–Kier alpha value is -1.11. The largest absolute Gasteiger partial charge is 0.399 e. The van der Waals surface area contributed by atoms with Crippen molar-refractivity contribution >= 4 is 15.7 Å². The van der Waals surface area contributed by atoms with Gasteiger partial charge in [0.15, 0.2) is 0 Å². The summed E-state index contributed by atoms with van der Waals surface area (Å²) in [7, 11) is 0.534. The van der Waals surface area contributed by atoms with Crippen LogP contribution in [0.3, 0.4) is 0 Å². The first-order valence-corrected chi connectivity index (χ1v) is 8.95. The SMILES string of the molecule is CN1CCC(CN(C)S(=O)(=O)Cc2ccc(N)cc2)CC1. The second kappa shape index (κ2) is 6.77. The van der Waals surface area contributed by atoms with Crippen LogP contribution >= 0.6 is 0 Å². The molecule has 2 N–H and O–H groups in total. The smallest absolute Gasteiger partial charge is 0.218 e. The molecule has 0 bridgehead atoms. The molecule has 1 heterocycles. The highest BCUT2D eigenvalue weighted by molar-refractivity contribution is 7.88. The molecule has 1 aromatic carbocycles. The zero-order valence-electron chi connectivity index (χ0n) is 12.8. The number of sulfonamides is 1. The minimum atomic E-state index is -3.26. The highest BCUT2D eigenvalue weighted by atomic mass is 32.2. The molecule has 0 aromatic heterocycles. The summed E-state index contributed by atoms with van der Waals surface area (Å²) >= 11 is 0. The van der Waals surface area contributed by atoms with Gasteiger partial charge in [-0.25, -0.2) is 12.7 Å². The van der Waals surface area contributed by atoms with E-state index in [2.05, 4.69) is 11.9 Å². The number of nitrogens with two attached hydrogens (primary N) is 1. The van der Waals surface area contributed by atoms with Crippen molar-refractivity contribution in [2.75, 3.05) is 39.5 Å². The molecule has 0 atom stereocenters. The molecule has 0 saturated carbocycles. The quantitative estimate of drug-likeness (QED) is 0.834. The van der Waals surface area contributed by atoms with Crippen molar-refractivity contribution < 1.29 is 8.42 Å². The molecule has 2 rings (SSSR count). The molecule has 1 aliphatic rings. The van der Waals surface area contributed by atoms with E-state index in [9.17, 15) is 8.42 Å². The van der Waals surface area contributed by atoms with Gasteiger partial charge in [0.05, 0.1) is 5.75 Å². The topological polar surface area (TPSA) is 66.6 Å². The van der Waals surface area contributed by atoms with Gasteiger partial charge in [-0.05, 0) is 56.6 Å². The maximum atomic E-state index is 12.4. The molecule has 0 aliphatic carbocycles. The number of benzene rings is 1. The molecule has 1 aliphatic heterocycles. The first-order valence-electron chi connectivity index (χ1n) is 7.34. The first kappa shape index (κ1) is 16.3. The van der Waals surface area contributed by atoms with E-state index in [1.165, 1.54) is 4.31 Å². The highest BCUT2D eigenvalue weighted by Gasteiger charge is 2.24. The van der Waals surface area contributed by atoms with E-state index in [0.717, 1.165) is 31.5 Å². The Labute approximate surface area is 127 Å². The summed E-state index contributed by atoms with van der Waals surface area (Å²) in [5.74, 6) is 0.503. The third-order valence-corrected chi connectivity index (χ3v) is 5.95. The van der Waals surface area contributed by atoms with Gasteiger partial charge in [-0.15, -0.1) is 0 Å². The van der Waals surface area contributed by atoms with Gasteiger partial charge in [-0.2, -0.15) is 0 Å². The van der Waals surface area contributed by atoms with Gasteiger partial charge in [0.1, 0.15) is 0 Å². The summed E-state index contributed by atoms with van der Waals surface area (Å²) in [6, 6.07) is 7.02. The van der Waals surface area contributed by atoms with Crippen molar-refractivity contribution in [1.82, 2.24) is 9.21 Å². The van der Waals surface area contributed by atoms with E-state index >= 15 is 0 Å². The zero-order valence-corrected chi connectivity index (χ0v) is 13.6. The lowest BCUT2D eigenvalue weighted by Gasteiger charge is -2.31. The molecule has 0 amide bonds. The molecular weight excluding hydrogens is 286 g/mol. The van der Waals surface area contributed by atoms with Gasteiger partial charge in [0, 0.05) is 19.3 Å². The predicted octanol–water partition coefficient (Wildman–Crippen LogP) is 1.37. The van der Waals surface area contributed by atoms with Crippen LogP contribution in [0.1, 0.15) is 18.4 Å². The lowest BCUT2D eigenvalue weighted by Crippen LogP contribution is -2.38. The number of anilines is 1. The summed E-state index contributed by atoms with van der Waals surface area (Å²) in [4.78, 5) is 2.29. The normalized spacial score (nSPS) is 18.2. The third-order valence-electron chi connectivity index (χ3n) is 4.16. The molecule has 1 fully saturated rings. The number of hydrogen-bond acceptors (Lipinski definition) is 4. The fourth-order valence-electron chi connectivity index (χ4n) is 2.66. The minimum Gasteiger partial charge on any atom is -0.399 e. The van der Waals surface area contributed by atoms with Crippen LogP contribution in [0.4, 0.5) is 5.69 Å². The van der Waals surface area contributed by atoms with Crippen LogP contribution in [0.2, 0.25) is 0 Å². The average molecular weight is 311 g/mol. The van der Waals surface area contributed by atoms with Crippen LogP contribution in [0.15, 0.2) is 24.3 Å². The van der Waals surface area contributed by atoms with Crippen LogP contribution in [0.25, 0.3) is 0 Å². The average Bonchev–Trinajstić information content (AvgIpc) is 2.43. The fraction of sp³-hybridized carbons (Fsp3) is 0.600. The van der Waals surface area contributed by atoms with Crippen molar-refractivity contribution in [2.45, 2.75) is 18.6 Å². The molecule has 0 spiro atoms. The van der Waals surface area contributed by atoms with E-state index in [0.29, 0.717) is 18.2 Å². The molecule has 1 saturated heterocycles. The second-order valence-electron chi connectivity index (χ2n) is 6.02. The van der Waals surface area contributed by atoms with Crippen LogP contribution in [-0.4, -0.2) is 51.4 Å². The molecule has 1 aromatic rings. The van der Waals surface area contributed by atoms with Gasteiger partial charge >= 0.3 is 0 Å². The zero-order chi connectivity index (χ0) is 15.5.